The van der Waals surface area contributed by atoms with Crippen molar-refractivity contribution in [2.24, 2.45) is 5.92 Å². The highest BCUT2D eigenvalue weighted by Gasteiger charge is 2.33. The second kappa shape index (κ2) is 8.03. The fourth-order valence-electron chi connectivity index (χ4n) is 4.33. The van der Waals surface area contributed by atoms with Crippen LogP contribution in [0.3, 0.4) is 0 Å². The number of nitrogens with zero attached hydrogens (tertiary/aromatic N) is 1. The zero-order valence-electron chi connectivity index (χ0n) is 15.6. The maximum absolute atomic E-state index is 12.6. The van der Waals surface area contributed by atoms with Gasteiger partial charge in [-0.3, -0.25) is 4.79 Å². The third kappa shape index (κ3) is 4.10. The fourth-order valence-corrected chi connectivity index (χ4v) is 4.33. The smallest absolute Gasteiger partial charge is 0.315 e. The molecular formula is C21H27N3O3. The van der Waals surface area contributed by atoms with Crippen molar-refractivity contribution in [3.8, 4) is 0 Å². The van der Waals surface area contributed by atoms with Gasteiger partial charge in [-0.1, -0.05) is 12.1 Å². The lowest BCUT2D eigenvalue weighted by Gasteiger charge is -2.29. The van der Waals surface area contributed by atoms with Crippen molar-refractivity contribution in [3.05, 3.63) is 36.1 Å². The molecule has 27 heavy (non-hydrogen) atoms. The lowest BCUT2D eigenvalue weighted by Crippen LogP contribution is -2.42. The fraction of sp³-hybridized carbons (Fsp3) is 0.524. The predicted molar refractivity (Wildman–Crippen MR) is 103 cm³/mol. The Morgan fingerprint density at radius 2 is 1.96 bits per heavy atom. The normalized spacial score (nSPS) is 22.7. The molecule has 2 N–H and O–H groups in total. The lowest BCUT2D eigenvalue weighted by atomic mass is 10.0. The summed E-state index contributed by atoms with van der Waals surface area (Å²) in [4.78, 5) is 26.9. The van der Waals surface area contributed by atoms with E-state index in [9.17, 15) is 9.59 Å². The molecule has 1 saturated heterocycles. The molecule has 6 nitrogen and oxygen atoms in total. The maximum Gasteiger partial charge on any atom is 0.315 e. The van der Waals surface area contributed by atoms with Crippen LogP contribution in [-0.4, -0.2) is 36.0 Å². The molecule has 4 rings (SSSR count). The van der Waals surface area contributed by atoms with Gasteiger partial charge in [-0.05, 0) is 56.2 Å². The highest BCUT2D eigenvalue weighted by Crippen LogP contribution is 2.28. The summed E-state index contributed by atoms with van der Waals surface area (Å²) in [5, 5.41) is 6.98. The highest BCUT2D eigenvalue weighted by atomic mass is 16.3. The number of carbonyl (C=O) groups excluding carboxylic acids is 2. The Kier molecular flexibility index (Phi) is 5.32. The summed E-state index contributed by atoms with van der Waals surface area (Å²) >= 11 is 0. The van der Waals surface area contributed by atoms with Crippen LogP contribution >= 0.6 is 0 Å². The molecule has 2 aliphatic rings. The first-order valence-electron chi connectivity index (χ1n) is 9.99. The number of benzene rings is 1. The molecule has 2 atom stereocenters. The quantitative estimate of drug-likeness (QED) is 0.867. The number of nitrogens with one attached hydrogen (secondary N) is 2. The average Bonchev–Trinajstić information content (AvgIpc) is 3.36. The van der Waals surface area contributed by atoms with Crippen LogP contribution in [0.2, 0.25) is 0 Å². The zero-order chi connectivity index (χ0) is 18.6. The highest BCUT2D eigenvalue weighted by molar-refractivity contribution is 5.82. The van der Waals surface area contributed by atoms with E-state index in [1.807, 2.05) is 29.2 Å². The van der Waals surface area contributed by atoms with E-state index < -0.39 is 0 Å². The van der Waals surface area contributed by atoms with E-state index >= 15 is 0 Å². The Bertz CT molecular complexity index is 810. The first-order valence-corrected chi connectivity index (χ1v) is 9.99. The summed E-state index contributed by atoms with van der Waals surface area (Å²) in [5.41, 5.74) is 1.85. The molecule has 1 aromatic heterocycles. The van der Waals surface area contributed by atoms with Crippen LogP contribution in [0, 0.1) is 5.92 Å². The van der Waals surface area contributed by atoms with Crippen molar-refractivity contribution in [2.45, 2.75) is 51.1 Å². The van der Waals surface area contributed by atoms with Crippen LogP contribution in [0.1, 0.15) is 44.1 Å². The van der Waals surface area contributed by atoms with Gasteiger partial charge in [-0.15, -0.1) is 0 Å². The van der Waals surface area contributed by atoms with Crippen molar-refractivity contribution in [1.29, 1.82) is 0 Å². The monoisotopic (exact) mass is 369 g/mol. The molecule has 1 aliphatic carbocycles. The summed E-state index contributed by atoms with van der Waals surface area (Å²) in [5.74, 6) is 0.346. The molecular weight excluding hydrogens is 342 g/mol. The third-order valence-electron chi connectivity index (χ3n) is 5.81. The average molecular weight is 369 g/mol. The molecule has 2 fully saturated rings. The summed E-state index contributed by atoms with van der Waals surface area (Å²) in [6.45, 7) is 2.24. The van der Waals surface area contributed by atoms with E-state index in [1.54, 1.807) is 6.26 Å². The Morgan fingerprint density at radius 1 is 1.11 bits per heavy atom. The van der Waals surface area contributed by atoms with E-state index in [2.05, 4.69) is 10.6 Å². The van der Waals surface area contributed by atoms with Crippen molar-refractivity contribution >= 4 is 22.9 Å². The molecule has 6 heteroatoms. The predicted octanol–water partition coefficient (Wildman–Crippen LogP) is 3.41. The topological polar surface area (TPSA) is 74.6 Å². The van der Waals surface area contributed by atoms with Crippen LogP contribution in [0.15, 0.2) is 34.9 Å². The molecule has 0 bridgehead atoms. The molecule has 2 aromatic rings. The number of urea groups is 1. The van der Waals surface area contributed by atoms with E-state index in [0.717, 1.165) is 61.7 Å². The number of rotatable bonds is 4. The van der Waals surface area contributed by atoms with Crippen molar-refractivity contribution in [2.75, 3.05) is 13.1 Å². The zero-order valence-corrected chi connectivity index (χ0v) is 15.6. The SMILES string of the molecule is O=C(NCc1cccc2occc12)N[C@H]1CC[C@@H](C(=O)N2CCCCC2)C1. The van der Waals surface area contributed by atoms with E-state index in [4.69, 9.17) is 4.42 Å². The first kappa shape index (κ1) is 17.9. The number of likely N-dealkylation sites (tertiary alicyclic amines) is 1. The van der Waals surface area contributed by atoms with E-state index in [0.29, 0.717) is 6.54 Å². The van der Waals surface area contributed by atoms with Gasteiger partial charge in [-0.25, -0.2) is 4.79 Å². The van der Waals surface area contributed by atoms with Crippen LogP contribution in [-0.2, 0) is 11.3 Å². The first-order chi connectivity index (χ1) is 13.2. The molecule has 1 aliphatic heterocycles. The minimum Gasteiger partial charge on any atom is -0.464 e. The summed E-state index contributed by atoms with van der Waals surface area (Å²) in [6.07, 6.45) is 7.61. The number of hydrogen-bond donors (Lipinski definition) is 2. The van der Waals surface area contributed by atoms with Crippen molar-refractivity contribution in [1.82, 2.24) is 15.5 Å². The Labute approximate surface area is 159 Å². The molecule has 0 unspecified atom stereocenters. The Hall–Kier alpha value is -2.50. The third-order valence-corrected chi connectivity index (χ3v) is 5.81. The molecule has 144 valence electrons. The van der Waals surface area contributed by atoms with Crippen molar-refractivity contribution in [3.63, 3.8) is 0 Å². The molecule has 1 saturated carbocycles. The summed E-state index contributed by atoms with van der Waals surface area (Å²) in [6, 6.07) is 7.64. The van der Waals surface area contributed by atoms with Gasteiger partial charge in [0.25, 0.3) is 0 Å². The summed E-state index contributed by atoms with van der Waals surface area (Å²) in [7, 11) is 0. The standard InChI is InChI=1S/C21H27N3O3/c25-20(24-10-2-1-3-11-24)15-7-8-17(13-15)23-21(26)22-14-16-5-4-6-19-18(16)9-12-27-19/h4-6,9,12,15,17H,1-3,7-8,10-11,13-14H2,(H2,22,23,26)/t15-,17+/m1/s1. The minimum atomic E-state index is -0.174. The number of piperidine rings is 1. The molecule has 3 amide bonds. The summed E-state index contributed by atoms with van der Waals surface area (Å²) < 4.78 is 5.39. The van der Waals surface area contributed by atoms with Gasteiger partial charge in [0.15, 0.2) is 0 Å². The number of fused-ring (bicyclic) bond motifs is 1. The Morgan fingerprint density at radius 3 is 2.81 bits per heavy atom. The number of furan rings is 1. The number of carbonyl (C=O) groups is 2. The van der Waals surface area contributed by atoms with Gasteiger partial charge in [0.05, 0.1) is 6.26 Å². The van der Waals surface area contributed by atoms with Crippen LogP contribution in [0.25, 0.3) is 11.0 Å². The van der Waals surface area contributed by atoms with Gasteiger partial charge in [0.2, 0.25) is 5.91 Å². The molecule has 0 radical (unpaired) electrons. The van der Waals surface area contributed by atoms with E-state index in [1.165, 1.54) is 6.42 Å². The lowest BCUT2D eigenvalue weighted by molar-refractivity contribution is -0.136. The maximum atomic E-state index is 12.6. The van der Waals surface area contributed by atoms with Crippen LogP contribution < -0.4 is 10.6 Å². The largest absolute Gasteiger partial charge is 0.464 e. The number of hydrogen-bond acceptors (Lipinski definition) is 3. The van der Waals surface area contributed by atoms with Gasteiger partial charge < -0.3 is 20.0 Å². The van der Waals surface area contributed by atoms with Crippen LogP contribution in [0.5, 0.6) is 0 Å². The Balaban J connectivity index is 1.25. The minimum absolute atomic E-state index is 0.0630. The molecule has 0 spiro atoms. The van der Waals surface area contributed by atoms with Gasteiger partial charge >= 0.3 is 6.03 Å². The second-order valence-electron chi connectivity index (χ2n) is 7.67. The van der Waals surface area contributed by atoms with Crippen molar-refractivity contribution < 1.29 is 14.0 Å². The number of amides is 3. The van der Waals surface area contributed by atoms with Gasteiger partial charge in [-0.2, -0.15) is 0 Å². The molecule has 2 heterocycles. The molecule has 1 aromatic carbocycles. The van der Waals surface area contributed by atoms with Crippen LogP contribution in [0.4, 0.5) is 4.79 Å². The van der Waals surface area contributed by atoms with Gasteiger partial charge in [0, 0.05) is 37.0 Å². The van der Waals surface area contributed by atoms with E-state index in [-0.39, 0.29) is 23.9 Å². The second-order valence-corrected chi connectivity index (χ2v) is 7.67. The van der Waals surface area contributed by atoms with Gasteiger partial charge in [0.1, 0.15) is 5.58 Å².